The van der Waals surface area contributed by atoms with Gasteiger partial charge in [-0.05, 0) is 102 Å². The number of hydrogen-bond donors (Lipinski definition) is 6. The summed E-state index contributed by atoms with van der Waals surface area (Å²) in [6, 6.07) is 6.34. The molecule has 5 amide bonds. The van der Waals surface area contributed by atoms with E-state index in [0.717, 1.165) is 81.7 Å². The van der Waals surface area contributed by atoms with Crippen LogP contribution < -0.4 is 37.5 Å². The maximum Gasteiger partial charge on any atom is 0.280 e. The van der Waals surface area contributed by atoms with Crippen LogP contribution in [0.15, 0.2) is 47.5 Å². The molecule has 452 valence electrons. The molecule has 82 heavy (non-hydrogen) atoms. The molecule has 2 aromatic carbocycles. The Labute approximate surface area is 477 Å². The highest BCUT2D eigenvalue weighted by Crippen LogP contribution is 2.25. The minimum absolute atomic E-state index is 0.0168. The van der Waals surface area contributed by atoms with Crippen LogP contribution in [0.5, 0.6) is 5.88 Å². The molecule has 8 saturated heterocycles. The number of benzene rings is 2. The van der Waals surface area contributed by atoms with E-state index in [-0.39, 0.29) is 95.2 Å². The third-order valence-electron chi connectivity index (χ3n) is 14.2. The number of carbonyl (C=O) groups excluding carboxylic acids is 5. The van der Waals surface area contributed by atoms with Gasteiger partial charge in [0.1, 0.15) is 55.3 Å². The maximum absolute atomic E-state index is 13.9. The number of ether oxygens (including phenoxy) is 5. The van der Waals surface area contributed by atoms with Crippen molar-refractivity contribution >= 4 is 41.1 Å². The van der Waals surface area contributed by atoms with Gasteiger partial charge in [0.2, 0.25) is 5.88 Å². The largest absolute Gasteiger partial charge is 0.471 e. The molecule has 0 spiro atoms. The average molecular weight is 1180 g/mol. The Kier molecular flexibility index (Phi) is 24.6. The maximum atomic E-state index is 13.9. The molecule has 0 bridgehead atoms. The van der Waals surface area contributed by atoms with Gasteiger partial charge in [-0.3, -0.25) is 52.7 Å². The normalized spacial score (nSPS) is 23.6. The molecule has 0 aliphatic carbocycles. The zero-order valence-electron chi connectivity index (χ0n) is 46.0. The van der Waals surface area contributed by atoms with Gasteiger partial charge in [0.25, 0.3) is 35.1 Å². The first-order chi connectivity index (χ1) is 39.6. The Morgan fingerprint density at radius 2 is 1.24 bits per heavy atom. The number of amides is 5. The van der Waals surface area contributed by atoms with Gasteiger partial charge in [0.05, 0.1) is 49.7 Å². The monoisotopic (exact) mass is 1180 g/mol. The molecule has 0 saturated carbocycles. The molecule has 0 unspecified atom stereocenters. The van der Waals surface area contributed by atoms with Crippen LogP contribution in [0.4, 0.5) is 8.78 Å². The lowest BCUT2D eigenvalue weighted by atomic mass is 10.1. The van der Waals surface area contributed by atoms with Crippen LogP contribution >= 0.6 is 11.6 Å². The Morgan fingerprint density at radius 1 is 0.720 bits per heavy atom. The highest BCUT2D eigenvalue weighted by molar-refractivity contribution is 6.31. The van der Waals surface area contributed by atoms with Crippen LogP contribution in [0.1, 0.15) is 72.9 Å². The van der Waals surface area contributed by atoms with Crippen LogP contribution in [-0.4, -0.2) is 201 Å². The topological polar surface area (TPSA) is 307 Å². The fraction of sp³-hybridized carbons (Fsp3) is 0.604. The Balaban J connectivity index is 0.000000184. The van der Waals surface area contributed by atoms with Crippen molar-refractivity contribution in [2.75, 3.05) is 93.4 Å². The standard InChI is InChI=1S/C27H25ClF2N4O6.C9H16N2O3.C8H14N2O3.C5H10O2.C4H8N2O2/c1-15-2-3-16(24(35)32-21-13-40-34(26(21)36)19-6-8-38-9-7-19)10-22(15)33-14-31-25(23(28)27(33)37)39-12-17-4-5-18(29)11-20(17)30;1-10-8-6-14-11(9(8)12)7-2-4-13-5-3-7;9-7-5-13-10(8(7)11)6-1-3-12-4-2-6;6-5-1-3-7-4-2-5;1-5-3-2-8-6-4(3)7/h2-5,10-11,14,19,21H,6-9,12-13H2,1H3,(H,32,35);7-8,10H,2-6H2,1H3;6-7H,1-5,9H2;5-6H,1-4H2;3,5H,2H2,1H3,(H,6,7)/t21-;8-;7-;;3-/m111.1/s1. The van der Waals surface area contributed by atoms with Gasteiger partial charge in [-0.15, -0.1) is 0 Å². The minimum atomic E-state index is -0.846. The van der Waals surface area contributed by atoms with Crippen LogP contribution in [-0.2, 0) is 64.1 Å². The summed E-state index contributed by atoms with van der Waals surface area (Å²) in [5.74, 6) is -2.74. The van der Waals surface area contributed by atoms with Crippen LogP contribution in [0.2, 0.25) is 5.02 Å². The Bertz CT molecular complexity index is 2680. The van der Waals surface area contributed by atoms with Crippen molar-refractivity contribution < 1.29 is 80.9 Å². The van der Waals surface area contributed by atoms with E-state index in [1.807, 2.05) is 0 Å². The average Bonchev–Trinajstić information content (AvgIpc) is 4.32. The summed E-state index contributed by atoms with van der Waals surface area (Å²) >= 11 is 6.22. The van der Waals surface area contributed by atoms with Crippen molar-refractivity contribution in [2.45, 2.75) is 113 Å². The molecule has 11 rings (SSSR count). The summed E-state index contributed by atoms with van der Waals surface area (Å²) < 4.78 is 54.4. The third kappa shape index (κ3) is 17.4. The number of aromatic nitrogens is 2. The van der Waals surface area contributed by atoms with Crippen molar-refractivity contribution in [1.29, 1.82) is 0 Å². The fourth-order valence-electron chi connectivity index (χ4n) is 9.24. The van der Waals surface area contributed by atoms with E-state index >= 15 is 0 Å². The number of likely N-dealkylation sites (N-methyl/N-ethyl adjacent to an activating group) is 2. The quantitative estimate of drug-likeness (QED) is 0.154. The summed E-state index contributed by atoms with van der Waals surface area (Å²) in [5.41, 5.74) is 8.30. The molecular formula is C53H73ClF2N10O16. The number of nitrogens with one attached hydrogen (secondary N) is 4. The van der Waals surface area contributed by atoms with Crippen LogP contribution in [0, 0.1) is 18.6 Å². The van der Waals surface area contributed by atoms with Gasteiger partial charge in [0.15, 0.2) is 5.02 Å². The number of nitrogens with zero attached hydrogens (tertiary/aromatic N) is 5. The lowest BCUT2D eigenvalue weighted by Gasteiger charge is -2.29. The lowest BCUT2D eigenvalue weighted by Crippen LogP contribution is -2.46. The predicted octanol–water partition coefficient (Wildman–Crippen LogP) is 0.690. The molecule has 1 aromatic heterocycles. The molecule has 0 radical (unpaired) electrons. The number of aliphatic hydroxyl groups is 1. The molecule has 4 atom stereocenters. The van der Waals surface area contributed by atoms with Crippen molar-refractivity contribution in [2.24, 2.45) is 5.73 Å². The van der Waals surface area contributed by atoms with Crippen molar-refractivity contribution in [3.8, 4) is 11.6 Å². The number of aliphatic hydroxyl groups excluding tert-OH is 1. The molecule has 8 aliphatic rings. The zero-order valence-corrected chi connectivity index (χ0v) is 46.8. The van der Waals surface area contributed by atoms with Gasteiger partial charge in [-0.25, -0.2) is 34.4 Å². The van der Waals surface area contributed by atoms with Gasteiger partial charge in [0, 0.05) is 70.0 Å². The molecule has 9 heterocycles. The highest BCUT2D eigenvalue weighted by Gasteiger charge is 2.40. The Morgan fingerprint density at radius 3 is 1.71 bits per heavy atom. The molecule has 8 fully saturated rings. The van der Waals surface area contributed by atoms with Crippen LogP contribution in [0.25, 0.3) is 5.69 Å². The second kappa shape index (κ2) is 31.7. The summed E-state index contributed by atoms with van der Waals surface area (Å²) in [4.78, 5) is 97.4. The summed E-state index contributed by atoms with van der Waals surface area (Å²) in [7, 11) is 3.50. The SMILES string of the molecule is CN[C@@H]1CON(C2CCOCC2)C1=O.CN[C@@H]1CONC1=O.Cc1ccc(C(=O)N[C@@H]2CON(C3CCOCC3)C2=O)cc1-n1cnc(OCc2ccc(F)cc2F)c(Cl)c1=O.N[C@@H]1CON(C2CCOCC2)C1=O.OC1CCOCC1. The number of carbonyl (C=O) groups is 5. The van der Waals surface area contributed by atoms with E-state index in [2.05, 4.69) is 31.3 Å². The van der Waals surface area contributed by atoms with Gasteiger partial charge in [-0.1, -0.05) is 17.7 Å². The number of nitrogens with two attached hydrogens (primary N) is 1. The van der Waals surface area contributed by atoms with Crippen molar-refractivity contribution in [1.82, 2.24) is 46.2 Å². The molecule has 3 aromatic rings. The summed E-state index contributed by atoms with van der Waals surface area (Å²) in [5, 5.41) is 21.2. The summed E-state index contributed by atoms with van der Waals surface area (Å²) in [6.07, 6.45) is 7.49. The first-order valence-corrected chi connectivity index (χ1v) is 27.6. The second-order valence-electron chi connectivity index (χ2n) is 19.9. The van der Waals surface area contributed by atoms with E-state index < -0.39 is 35.2 Å². The molecule has 7 N–H and O–H groups in total. The number of halogens is 3. The lowest BCUT2D eigenvalue weighted by molar-refractivity contribution is -0.182. The van der Waals surface area contributed by atoms with Crippen LogP contribution in [0.3, 0.4) is 0 Å². The van der Waals surface area contributed by atoms with Crippen molar-refractivity contribution in [3.05, 3.63) is 86.4 Å². The minimum Gasteiger partial charge on any atom is -0.471 e. The number of hydrogen-bond acceptors (Lipinski definition) is 20. The first kappa shape index (κ1) is 63.7. The molecular weight excluding hydrogens is 1110 g/mol. The number of hydroxylamine groups is 7. The highest BCUT2D eigenvalue weighted by atomic mass is 35.5. The molecule has 26 nitrogen and oxygen atoms in total. The zero-order chi connectivity index (χ0) is 58.7. The third-order valence-corrected chi connectivity index (χ3v) is 14.5. The number of rotatable bonds is 11. The summed E-state index contributed by atoms with van der Waals surface area (Å²) in [6.45, 7) is 8.03. The predicted molar refractivity (Wildman–Crippen MR) is 285 cm³/mol. The Hall–Kier alpha value is -5.86. The van der Waals surface area contributed by atoms with Gasteiger partial charge in [-0.2, -0.15) is 0 Å². The van der Waals surface area contributed by atoms with E-state index in [9.17, 15) is 37.5 Å². The van der Waals surface area contributed by atoms with E-state index in [0.29, 0.717) is 70.3 Å². The van der Waals surface area contributed by atoms with Gasteiger partial charge < -0.3 is 50.5 Å². The first-order valence-electron chi connectivity index (χ1n) is 27.2. The van der Waals surface area contributed by atoms with E-state index in [4.69, 9.17) is 60.6 Å². The second-order valence-corrected chi connectivity index (χ2v) is 20.3. The fourth-order valence-corrected chi connectivity index (χ4v) is 9.43. The number of aryl methyl sites for hydroxylation is 1. The molecule has 29 heteroatoms. The van der Waals surface area contributed by atoms with Crippen molar-refractivity contribution in [3.63, 3.8) is 0 Å². The molecule has 8 aliphatic heterocycles. The smallest absolute Gasteiger partial charge is 0.280 e. The van der Waals surface area contributed by atoms with E-state index in [1.54, 1.807) is 33.2 Å². The van der Waals surface area contributed by atoms with E-state index in [1.165, 1.54) is 33.6 Å². The van der Waals surface area contributed by atoms with Gasteiger partial charge >= 0.3 is 0 Å².